The first-order chi connectivity index (χ1) is 8.27. The number of pyridine rings is 1. The van der Waals surface area contributed by atoms with Crippen LogP contribution in [0.2, 0.25) is 0 Å². The van der Waals surface area contributed by atoms with E-state index in [9.17, 15) is 9.59 Å². The highest BCUT2D eigenvalue weighted by atomic mass is 16.2. The quantitative estimate of drug-likeness (QED) is 0.645. The number of rotatable bonds is 3. The van der Waals surface area contributed by atoms with Crippen LogP contribution < -0.4 is 16.2 Å². The lowest BCUT2D eigenvalue weighted by Crippen LogP contribution is -2.32. The van der Waals surface area contributed by atoms with E-state index >= 15 is 0 Å². The van der Waals surface area contributed by atoms with Crippen LogP contribution in [0.4, 0.5) is 0 Å². The van der Waals surface area contributed by atoms with Gasteiger partial charge in [0.1, 0.15) is 5.56 Å². The third-order valence-electron chi connectivity index (χ3n) is 2.70. The second kappa shape index (κ2) is 5.45. The van der Waals surface area contributed by atoms with Gasteiger partial charge in [-0.3, -0.25) is 9.59 Å². The van der Waals surface area contributed by atoms with E-state index in [1.54, 1.807) is 6.07 Å². The number of aromatic amines is 1. The van der Waals surface area contributed by atoms with Crippen molar-refractivity contribution in [3.8, 4) is 0 Å². The summed E-state index contributed by atoms with van der Waals surface area (Å²) in [6, 6.07) is 3.16. The van der Waals surface area contributed by atoms with Gasteiger partial charge < -0.3 is 15.6 Å². The molecule has 2 heterocycles. The minimum absolute atomic E-state index is 0.155. The molecule has 0 fully saturated rings. The van der Waals surface area contributed by atoms with E-state index < -0.39 is 0 Å². The average Bonchev–Trinajstić information content (AvgIpc) is 2.38. The number of aromatic nitrogens is 1. The topological polar surface area (TPSA) is 74.0 Å². The number of nitrogens with one attached hydrogen (secondary N) is 3. The molecule has 90 valence electrons. The van der Waals surface area contributed by atoms with Crippen LogP contribution in [0.25, 0.3) is 0 Å². The predicted octanol–water partition coefficient (Wildman–Crippen LogP) is 0.0244. The summed E-state index contributed by atoms with van der Waals surface area (Å²) >= 11 is 0. The standard InChI is InChI=1S/C12H15N3O2/c16-11-10(2-1-5-14-11)12(17)15-8-9-3-6-13-7-4-9/h1-3,5,13H,4,6-8H2,(H,14,16)(H,15,17). The molecule has 1 aliphatic rings. The third-order valence-corrected chi connectivity index (χ3v) is 2.70. The summed E-state index contributed by atoms with van der Waals surface area (Å²) < 4.78 is 0. The summed E-state index contributed by atoms with van der Waals surface area (Å²) in [7, 11) is 0. The van der Waals surface area contributed by atoms with Crippen molar-refractivity contribution in [2.45, 2.75) is 6.42 Å². The van der Waals surface area contributed by atoms with Crippen molar-refractivity contribution >= 4 is 5.91 Å². The molecule has 1 aromatic rings. The van der Waals surface area contributed by atoms with E-state index in [1.807, 2.05) is 0 Å². The van der Waals surface area contributed by atoms with Gasteiger partial charge in [-0.05, 0) is 25.1 Å². The molecule has 0 aliphatic carbocycles. The Labute approximate surface area is 98.9 Å². The summed E-state index contributed by atoms with van der Waals surface area (Å²) in [6.07, 6.45) is 4.51. The van der Waals surface area contributed by atoms with Gasteiger partial charge in [0.15, 0.2) is 0 Å². The van der Waals surface area contributed by atoms with Crippen molar-refractivity contribution in [1.29, 1.82) is 0 Å². The normalized spacial score (nSPS) is 15.2. The van der Waals surface area contributed by atoms with Crippen molar-refractivity contribution in [2.75, 3.05) is 19.6 Å². The van der Waals surface area contributed by atoms with Gasteiger partial charge in [-0.1, -0.05) is 11.6 Å². The van der Waals surface area contributed by atoms with Crippen molar-refractivity contribution in [3.63, 3.8) is 0 Å². The van der Waals surface area contributed by atoms with Gasteiger partial charge in [0.25, 0.3) is 11.5 Å². The predicted molar refractivity (Wildman–Crippen MR) is 65.0 cm³/mol. The van der Waals surface area contributed by atoms with E-state index in [4.69, 9.17) is 0 Å². The fourth-order valence-corrected chi connectivity index (χ4v) is 1.72. The average molecular weight is 233 g/mol. The van der Waals surface area contributed by atoms with E-state index in [0.717, 1.165) is 19.5 Å². The Kier molecular flexibility index (Phi) is 3.72. The van der Waals surface area contributed by atoms with Crippen LogP contribution in [0.15, 0.2) is 34.8 Å². The maximum Gasteiger partial charge on any atom is 0.260 e. The number of hydrogen-bond donors (Lipinski definition) is 3. The molecule has 1 aliphatic heterocycles. The fraction of sp³-hybridized carbons (Fsp3) is 0.333. The highest BCUT2D eigenvalue weighted by molar-refractivity contribution is 5.93. The van der Waals surface area contributed by atoms with Crippen molar-refractivity contribution in [2.24, 2.45) is 0 Å². The van der Waals surface area contributed by atoms with Crippen molar-refractivity contribution in [1.82, 2.24) is 15.6 Å². The van der Waals surface area contributed by atoms with Crippen molar-refractivity contribution < 1.29 is 4.79 Å². The zero-order valence-corrected chi connectivity index (χ0v) is 9.45. The van der Waals surface area contributed by atoms with Gasteiger partial charge in [-0.25, -0.2) is 0 Å². The van der Waals surface area contributed by atoms with Gasteiger partial charge >= 0.3 is 0 Å². The molecule has 0 spiro atoms. The van der Waals surface area contributed by atoms with E-state index in [2.05, 4.69) is 21.7 Å². The molecule has 0 unspecified atom stereocenters. The second-order valence-corrected chi connectivity index (χ2v) is 3.91. The van der Waals surface area contributed by atoms with Crippen LogP contribution in [-0.2, 0) is 0 Å². The van der Waals surface area contributed by atoms with Crippen LogP contribution in [0.5, 0.6) is 0 Å². The molecule has 0 bridgehead atoms. The lowest BCUT2D eigenvalue weighted by molar-refractivity contribution is 0.0955. The molecule has 1 amide bonds. The first-order valence-electron chi connectivity index (χ1n) is 5.62. The fourth-order valence-electron chi connectivity index (χ4n) is 1.72. The Balaban J connectivity index is 1.96. The lowest BCUT2D eigenvalue weighted by atomic mass is 10.1. The van der Waals surface area contributed by atoms with Crippen molar-refractivity contribution in [3.05, 3.63) is 45.9 Å². The SMILES string of the molecule is O=C(NCC1=CCNCC1)c1ccc[nH]c1=O. The number of carbonyl (C=O) groups is 1. The minimum atomic E-state index is -0.357. The van der Waals surface area contributed by atoms with E-state index in [1.165, 1.54) is 17.8 Å². The van der Waals surface area contributed by atoms with Crippen LogP contribution in [0.3, 0.4) is 0 Å². The third kappa shape index (κ3) is 3.04. The molecule has 1 aromatic heterocycles. The highest BCUT2D eigenvalue weighted by Gasteiger charge is 2.10. The molecule has 0 radical (unpaired) electrons. The maximum absolute atomic E-state index is 11.7. The molecule has 0 atom stereocenters. The number of H-pyrrole nitrogens is 1. The Morgan fingerprint density at radius 2 is 2.35 bits per heavy atom. The van der Waals surface area contributed by atoms with Crippen LogP contribution in [-0.4, -0.2) is 30.5 Å². The monoisotopic (exact) mass is 233 g/mol. The summed E-state index contributed by atoms with van der Waals surface area (Å²) in [5.74, 6) is -0.328. The molecule has 5 heteroatoms. The van der Waals surface area contributed by atoms with Crippen LogP contribution in [0.1, 0.15) is 16.8 Å². The summed E-state index contributed by atoms with van der Waals surface area (Å²) in [4.78, 5) is 25.6. The van der Waals surface area contributed by atoms with Crippen LogP contribution in [0, 0.1) is 0 Å². The van der Waals surface area contributed by atoms with Gasteiger partial charge in [0.2, 0.25) is 0 Å². The van der Waals surface area contributed by atoms with Crippen LogP contribution >= 0.6 is 0 Å². The molecule has 5 nitrogen and oxygen atoms in total. The lowest BCUT2D eigenvalue weighted by Gasteiger charge is -2.14. The van der Waals surface area contributed by atoms with Gasteiger partial charge in [-0.15, -0.1) is 0 Å². The summed E-state index contributed by atoms with van der Waals surface area (Å²) in [6.45, 7) is 2.29. The minimum Gasteiger partial charge on any atom is -0.348 e. The molecular weight excluding hydrogens is 218 g/mol. The second-order valence-electron chi connectivity index (χ2n) is 3.91. The van der Waals surface area contributed by atoms with Gasteiger partial charge in [-0.2, -0.15) is 0 Å². The largest absolute Gasteiger partial charge is 0.348 e. The first-order valence-corrected chi connectivity index (χ1v) is 5.62. The summed E-state index contributed by atoms with van der Waals surface area (Å²) in [5.41, 5.74) is 0.996. The number of carbonyl (C=O) groups excluding carboxylic acids is 1. The maximum atomic E-state index is 11.7. The molecule has 2 rings (SSSR count). The molecule has 3 N–H and O–H groups in total. The van der Waals surface area contributed by atoms with E-state index in [-0.39, 0.29) is 17.0 Å². The zero-order chi connectivity index (χ0) is 12.1. The summed E-state index contributed by atoms with van der Waals surface area (Å²) in [5, 5.41) is 5.95. The first kappa shape index (κ1) is 11.6. The molecule has 17 heavy (non-hydrogen) atoms. The Bertz CT molecular complexity index is 491. The molecule has 0 saturated carbocycles. The van der Waals surface area contributed by atoms with Gasteiger partial charge in [0.05, 0.1) is 0 Å². The number of amides is 1. The van der Waals surface area contributed by atoms with E-state index in [0.29, 0.717) is 6.54 Å². The molecule has 0 saturated heterocycles. The highest BCUT2D eigenvalue weighted by Crippen LogP contribution is 2.02. The smallest absolute Gasteiger partial charge is 0.260 e. The Morgan fingerprint density at radius 1 is 1.47 bits per heavy atom. The zero-order valence-electron chi connectivity index (χ0n) is 9.45. The molecule has 0 aromatic carbocycles. The Morgan fingerprint density at radius 3 is 3.06 bits per heavy atom. The number of hydrogen-bond acceptors (Lipinski definition) is 3. The Hall–Kier alpha value is -1.88. The van der Waals surface area contributed by atoms with Gasteiger partial charge in [0, 0.05) is 19.3 Å². The molecular formula is C12H15N3O2.